The van der Waals surface area contributed by atoms with E-state index in [1.54, 1.807) is 0 Å². The van der Waals surface area contributed by atoms with Gasteiger partial charge in [-0.2, -0.15) is 0 Å². The summed E-state index contributed by atoms with van der Waals surface area (Å²) in [6, 6.07) is 0. The van der Waals surface area contributed by atoms with Gasteiger partial charge in [-0.05, 0) is 77.0 Å². The predicted molar refractivity (Wildman–Crippen MR) is 210 cm³/mol. The van der Waals surface area contributed by atoms with E-state index in [9.17, 15) is 19.0 Å². The van der Waals surface area contributed by atoms with Crippen LogP contribution in [0.15, 0.2) is 72.9 Å². The van der Waals surface area contributed by atoms with Crippen LogP contribution in [0.1, 0.15) is 142 Å². The molecule has 0 rings (SSSR count). The van der Waals surface area contributed by atoms with Crippen LogP contribution in [0.5, 0.6) is 0 Å². The number of hydrogen-bond donors (Lipinski definition) is 2. The highest BCUT2D eigenvalue weighted by atomic mass is 31.2. The molecule has 0 saturated heterocycles. The topological polar surface area (TPSA) is 134 Å². The van der Waals surface area contributed by atoms with Crippen molar-refractivity contribution in [1.82, 2.24) is 0 Å². The fourth-order valence-corrected chi connectivity index (χ4v) is 5.50. The first-order valence-electron chi connectivity index (χ1n) is 19.4. The Labute approximate surface area is 310 Å². The Morgan fingerprint density at radius 1 is 0.627 bits per heavy atom. The van der Waals surface area contributed by atoms with E-state index in [4.69, 9.17) is 24.3 Å². The smallest absolute Gasteiger partial charge is 0.462 e. The van der Waals surface area contributed by atoms with Gasteiger partial charge in [0.05, 0.1) is 13.2 Å². The fraction of sp³-hybridized carbons (Fsp3) is 0.659. The molecule has 0 radical (unpaired) electrons. The van der Waals surface area contributed by atoms with Gasteiger partial charge in [-0.15, -0.1) is 0 Å². The Kier molecular flexibility index (Phi) is 35.4. The number of ether oxygens (including phenoxy) is 2. The lowest BCUT2D eigenvalue weighted by atomic mass is 10.1. The summed E-state index contributed by atoms with van der Waals surface area (Å²) in [5, 5.41) is 0. The Bertz CT molecular complexity index is 1070. The second kappa shape index (κ2) is 37.2. The molecule has 0 spiro atoms. The van der Waals surface area contributed by atoms with Gasteiger partial charge in [-0.1, -0.05) is 125 Å². The third-order valence-electron chi connectivity index (χ3n) is 7.60. The van der Waals surface area contributed by atoms with Gasteiger partial charge in [0.1, 0.15) is 6.61 Å². The molecule has 0 amide bonds. The maximum Gasteiger partial charge on any atom is 0.472 e. The molecule has 2 atom stereocenters. The van der Waals surface area contributed by atoms with Crippen LogP contribution in [0.3, 0.4) is 0 Å². The van der Waals surface area contributed by atoms with Crippen molar-refractivity contribution in [3.63, 3.8) is 0 Å². The van der Waals surface area contributed by atoms with Gasteiger partial charge >= 0.3 is 19.8 Å². The second-order valence-electron chi connectivity index (χ2n) is 12.4. The molecule has 0 aliphatic rings. The van der Waals surface area contributed by atoms with Gasteiger partial charge in [-0.3, -0.25) is 18.6 Å². The molecule has 0 aliphatic carbocycles. The zero-order valence-corrected chi connectivity index (χ0v) is 32.7. The molecule has 51 heavy (non-hydrogen) atoms. The summed E-state index contributed by atoms with van der Waals surface area (Å²) in [7, 11) is -4.39. The normalized spacial score (nSPS) is 14.2. The molecule has 9 nitrogen and oxygen atoms in total. The molecule has 0 aromatic rings. The number of unbranched alkanes of at least 4 members (excludes halogenated alkanes) is 11. The third kappa shape index (κ3) is 37.0. The van der Waals surface area contributed by atoms with Crippen LogP contribution < -0.4 is 5.73 Å². The summed E-state index contributed by atoms with van der Waals surface area (Å²) in [5.74, 6) is -0.904. The van der Waals surface area contributed by atoms with E-state index in [0.29, 0.717) is 12.8 Å². The van der Waals surface area contributed by atoms with Gasteiger partial charge in [0.25, 0.3) is 0 Å². The van der Waals surface area contributed by atoms with E-state index in [1.807, 2.05) is 0 Å². The summed E-state index contributed by atoms with van der Waals surface area (Å²) in [5.41, 5.74) is 5.33. The number of phosphoric ester groups is 1. The van der Waals surface area contributed by atoms with Crippen molar-refractivity contribution in [2.75, 3.05) is 26.4 Å². The first-order chi connectivity index (χ1) is 24.8. The molecule has 0 aliphatic heterocycles. The molecule has 0 aromatic heterocycles. The van der Waals surface area contributed by atoms with Crippen LogP contribution in [-0.2, 0) is 32.7 Å². The Morgan fingerprint density at radius 2 is 1.14 bits per heavy atom. The largest absolute Gasteiger partial charge is 0.472 e. The van der Waals surface area contributed by atoms with E-state index in [0.717, 1.165) is 77.0 Å². The molecular formula is C41H70NO8P. The Morgan fingerprint density at radius 3 is 1.76 bits per heavy atom. The fourth-order valence-electron chi connectivity index (χ4n) is 4.73. The van der Waals surface area contributed by atoms with Gasteiger partial charge in [-0.25, -0.2) is 4.57 Å². The van der Waals surface area contributed by atoms with E-state index in [2.05, 4.69) is 86.8 Å². The molecular weight excluding hydrogens is 665 g/mol. The third-order valence-corrected chi connectivity index (χ3v) is 8.59. The Balaban J connectivity index is 4.34. The van der Waals surface area contributed by atoms with Crippen molar-refractivity contribution in [1.29, 1.82) is 0 Å². The number of hydrogen-bond acceptors (Lipinski definition) is 8. The van der Waals surface area contributed by atoms with Crippen molar-refractivity contribution in [2.45, 2.75) is 148 Å². The van der Waals surface area contributed by atoms with E-state index >= 15 is 0 Å². The van der Waals surface area contributed by atoms with E-state index in [1.165, 1.54) is 25.7 Å². The van der Waals surface area contributed by atoms with Crippen LogP contribution in [0, 0.1) is 0 Å². The molecule has 0 bridgehead atoms. The quantitative estimate of drug-likeness (QED) is 0.0214. The van der Waals surface area contributed by atoms with E-state index in [-0.39, 0.29) is 32.6 Å². The predicted octanol–water partition coefficient (Wildman–Crippen LogP) is 10.7. The number of nitrogens with two attached hydrogens (primary N) is 1. The lowest BCUT2D eigenvalue weighted by Crippen LogP contribution is -2.29. The minimum atomic E-state index is -4.39. The minimum Gasteiger partial charge on any atom is -0.462 e. The van der Waals surface area contributed by atoms with Gasteiger partial charge in [0.2, 0.25) is 0 Å². The maximum absolute atomic E-state index is 12.5. The molecule has 10 heteroatoms. The average molecular weight is 736 g/mol. The molecule has 0 saturated carbocycles. The first kappa shape index (κ1) is 48.5. The molecule has 0 heterocycles. The second-order valence-corrected chi connectivity index (χ2v) is 13.9. The summed E-state index contributed by atoms with van der Waals surface area (Å²) in [4.78, 5) is 34.7. The van der Waals surface area contributed by atoms with Crippen molar-refractivity contribution in [3.8, 4) is 0 Å². The number of carbonyl (C=O) groups excluding carboxylic acids is 2. The minimum absolute atomic E-state index is 0.0405. The summed E-state index contributed by atoms with van der Waals surface area (Å²) in [6.07, 6.45) is 43.6. The lowest BCUT2D eigenvalue weighted by molar-refractivity contribution is -0.161. The maximum atomic E-state index is 12.5. The SMILES string of the molecule is CC/C=C/C/C=C/C/C=C/C/C=C/CCCCC(=O)O[C@H](COC(=O)CCCCCCC/C=C/C=C/CCCCCC)COP(=O)(O)OCCN. The summed E-state index contributed by atoms with van der Waals surface area (Å²) >= 11 is 0. The number of esters is 2. The number of rotatable bonds is 35. The van der Waals surface area contributed by atoms with Gasteiger partial charge < -0.3 is 20.1 Å². The zero-order valence-electron chi connectivity index (χ0n) is 31.8. The number of allylic oxidation sites excluding steroid dienone is 12. The van der Waals surface area contributed by atoms with Crippen LogP contribution in [0.2, 0.25) is 0 Å². The highest BCUT2D eigenvalue weighted by Crippen LogP contribution is 2.43. The molecule has 292 valence electrons. The molecule has 0 fully saturated rings. The van der Waals surface area contributed by atoms with Crippen molar-refractivity contribution in [2.24, 2.45) is 5.73 Å². The number of carbonyl (C=O) groups is 2. The highest BCUT2D eigenvalue weighted by molar-refractivity contribution is 7.47. The van der Waals surface area contributed by atoms with Gasteiger partial charge in [0, 0.05) is 19.4 Å². The Hall–Kier alpha value is -2.55. The van der Waals surface area contributed by atoms with Crippen molar-refractivity contribution >= 4 is 19.8 Å². The lowest BCUT2D eigenvalue weighted by Gasteiger charge is -2.19. The highest BCUT2D eigenvalue weighted by Gasteiger charge is 2.25. The summed E-state index contributed by atoms with van der Waals surface area (Å²) in [6.45, 7) is 3.50. The van der Waals surface area contributed by atoms with Crippen molar-refractivity contribution in [3.05, 3.63) is 72.9 Å². The van der Waals surface area contributed by atoms with E-state index < -0.39 is 32.5 Å². The van der Waals surface area contributed by atoms with Crippen LogP contribution in [-0.4, -0.2) is 49.3 Å². The van der Waals surface area contributed by atoms with Crippen molar-refractivity contribution < 1.29 is 37.6 Å². The molecule has 3 N–H and O–H groups in total. The van der Waals surface area contributed by atoms with Crippen LogP contribution >= 0.6 is 7.82 Å². The standard InChI is InChI=1S/C41H70NO8P/c1-3-5-7-9-11-13-15-17-19-21-23-25-27-29-31-33-40(43)47-37-39(38-49-51(45,46)48-36-35-42)50-41(44)34-32-30-28-26-24-22-20-18-16-14-12-10-8-6-4-2/h6,8,12-15,17-20,24,26,39H,3-5,7,9-11,16,21-23,25,27-38,42H2,1-2H3,(H,45,46)/b8-6+,14-12+,15-13+,19-17+,20-18+,26-24+/t39-/m1/s1. The number of phosphoric acid groups is 1. The monoisotopic (exact) mass is 735 g/mol. The first-order valence-corrected chi connectivity index (χ1v) is 20.9. The molecule has 0 aromatic carbocycles. The average Bonchev–Trinajstić information content (AvgIpc) is 3.11. The van der Waals surface area contributed by atoms with Crippen LogP contribution in [0.25, 0.3) is 0 Å². The summed E-state index contributed by atoms with van der Waals surface area (Å²) < 4.78 is 32.6. The molecule has 1 unspecified atom stereocenters. The zero-order chi connectivity index (χ0) is 37.5. The van der Waals surface area contributed by atoms with Crippen LogP contribution in [0.4, 0.5) is 0 Å². The van der Waals surface area contributed by atoms with Gasteiger partial charge in [0.15, 0.2) is 6.10 Å².